The van der Waals surface area contributed by atoms with Crippen molar-refractivity contribution in [3.63, 3.8) is 0 Å². The minimum absolute atomic E-state index is 0.0447. The summed E-state index contributed by atoms with van der Waals surface area (Å²) in [7, 11) is 0. The Bertz CT molecular complexity index is 74.6. The lowest BCUT2D eigenvalue weighted by Crippen LogP contribution is -2.18. The van der Waals surface area contributed by atoms with Crippen molar-refractivity contribution < 1.29 is 18.3 Å². The molecular formula is C5H9F3O. The van der Waals surface area contributed by atoms with Crippen molar-refractivity contribution in [1.29, 1.82) is 0 Å². The van der Waals surface area contributed by atoms with Gasteiger partial charge in [0.2, 0.25) is 0 Å². The first kappa shape index (κ1) is 8.75. The molecule has 0 aromatic rings. The largest absolute Gasteiger partial charge is 0.396 e. The summed E-state index contributed by atoms with van der Waals surface area (Å²) in [4.78, 5) is 0. The van der Waals surface area contributed by atoms with Crippen molar-refractivity contribution in [3.05, 3.63) is 0 Å². The Kier molecular flexibility index (Phi) is 3.61. The van der Waals surface area contributed by atoms with Gasteiger partial charge in [0.1, 0.15) is 0 Å². The monoisotopic (exact) mass is 142 g/mol. The Morgan fingerprint density at radius 2 is 1.89 bits per heavy atom. The summed E-state index contributed by atoms with van der Waals surface area (Å²) < 4.78 is 35.0. The van der Waals surface area contributed by atoms with Crippen molar-refractivity contribution >= 4 is 0 Å². The average Bonchev–Trinajstić information content (AvgIpc) is 1.84. The molecule has 0 atom stereocenters. The van der Waals surface area contributed by atoms with E-state index >= 15 is 0 Å². The third-order valence-corrected chi connectivity index (χ3v) is 0.896. The normalized spacial score (nSPS) is 12.0. The maximum absolute atomic E-state index is 11.9. The van der Waals surface area contributed by atoms with E-state index in [-0.39, 0.29) is 13.0 Å². The van der Waals surface area contributed by atoms with Gasteiger partial charge >= 0.3 is 0 Å². The van der Waals surface area contributed by atoms with Crippen molar-refractivity contribution in [2.45, 2.75) is 18.8 Å². The first-order valence-electron chi connectivity index (χ1n) is 2.67. The summed E-state index contributed by atoms with van der Waals surface area (Å²) in [6, 6.07) is 0. The zero-order chi connectivity index (χ0) is 7.33. The fraction of sp³-hybridized carbons (Fsp3) is 1.00. The summed E-state index contributed by atoms with van der Waals surface area (Å²) in [5.41, 5.74) is 0. The van der Waals surface area contributed by atoms with Crippen LogP contribution in [0.15, 0.2) is 0 Å². The molecular weight excluding hydrogens is 133 g/mol. The fourth-order valence-electron chi connectivity index (χ4n) is 0.405. The Hall–Kier alpha value is -0.250. The fourth-order valence-corrected chi connectivity index (χ4v) is 0.405. The second-order valence-electron chi connectivity index (χ2n) is 1.82. The lowest BCUT2D eigenvalue weighted by atomic mass is 10.2. The number of rotatable bonds is 4. The smallest absolute Gasteiger partial charge is 0.276 e. The number of alkyl halides is 3. The Balaban J connectivity index is 3.33. The van der Waals surface area contributed by atoms with E-state index in [2.05, 4.69) is 0 Å². The van der Waals surface area contributed by atoms with Crippen molar-refractivity contribution in [2.75, 3.05) is 13.3 Å². The van der Waals surface area contributed by atoms with Gasteiger partial charge in [0, 0.05) is 13.0 Å². The molecule has 0 aromatic heterocycles. The van der Waals surface area contributed by atoms with Gasteiger partial charge in [0.25, 0.3) is 5.92 Å². The third-order valence-electron chi connectivity index (χ3n) is 0.896. The molecule has 56 valence electrons. The summed E-state index contributed by atoms with van der Waals surface area (Å²) in [5, 5.41) is 8.07. The molecule has 0 saturated carbocycles. The van der Waals surface area contributed by atoms with E-state index in [1.54, 1.807) is 0 Å². The SMILES string of the molecule is OCCCC(F)(F)CF. The molecule has 0 aliphatic rings. The van der Waals surface area contributed by atoms with Crippen molar-refractivity contribution in [3.8, 4) is 0 Å². The third kappa shape index (κ3) is 4.27. The number of hydrogen-bond acceptors (Lipinski definition) is 1. The van der Waals surface area contributed by atoms with E-state index in [9.17, 15) is 13.2 Å². The average molecular weight is 142 g/mol. The van der Waals surface area contributed by atoms with Crippen molar-refractivity contribution in [2.24, 2.45) is 0 Å². The zero-order valence-corrected chi connectivity index (χ0v) is 4.91. The maximum atomic E-state index is 11.9. The van der Waals surface area contributed by atoms with Gasteiger partial charge in [0.15, 0.2) is 6.67 Å². The van der Waals surface area contributed by atoms with Gasteiger partial charge in [-0.25, -0.2) is 13.2 Å². The van der Waals surface area contributed by atoms with Crippen LogP contribution in [-0.4, -0.2) is 24.3 Å². The van der Waals surface area contributed by atoms with Crippen LogP contribution in [0, 0.1) is 0 Å². The second-order valence-corrected chi connectivity index (χ2v) is 1.82. The summed E-state index contributed by atoms with van der Waals surface area (Å²) in [6.07, 6.45) is -0.614. The van der Waals surface area contributed by atoms with E-state index in [4.69, 9.17) is 5.11 Å². The van der Waals surface area contributed by atoms with Crippen LogP contribution >= 0.6 is 0 Å². The maximum Gasteiger partial charge on any atom is 0.276 e. The second kappa shape index (κ2) is 3.71. The van der Waals surface area contributed by atoms with Crippen molar-refractivity contribution in [1.82, 2.24) is 0 Å². The highest BCUT2D eigenvalue weighted by atomic mass is 19.3. The Morgan fingerprint density at radius 3 is 2.22 bits per heavy atom. The van der Waals surface area contributed by atoms with E-state index in [1.165, 1.54) is 0 Å². The first-order valence-corrected chi connectivity index (χ1v) is 2.67. The highest BCUT2D eigenvalue weighted by Crippen LogP contribution is 2.19. The molecule has 0 aliphatic carbocycles. The Morgan fingerprint density at radius 1 is 1.33 bits per heavy atom. The molecule has 0 aliphatic heterocycles. The van der Waals surface area contributed by atoms with Crippen LogP contribution in [0.4, 0.5) is 13.2 Å². The zero-order valence-electron chi connectivity index (χ0n) is 4.91. The van der Waals surface area contributed by atoms with Gasteiger partial charge in [-0.05, 0) is 6.42 Å². The summed E-state index contributed by atoms with van der Waals surface area (Å²) in [5.74, 6) is -3.23. The first-order chi connectivity index (χ1) is 4.12. The van der Waals surface area contributed by atoms with E-state index in [0.717, 1.165) is 0 Å². The predicted octanol–water partition coefficient (Wildman–Crippen LogP) is 1.36. The minimum Gasteiger partial charge on any atom is -0.396 e. The molecule has 4 heteroatoms. The van der Waals surface area contributed by atoms with E-state index < -0.39 is 19.0 Å². The van der Waals surface area contributed by atoms with Gasteiger partial charge in [-0.3, -0.25) is 0 Å². The molecule has 0 amide bonds. The molecule has 0 radical (unpaired) electrons. The van der Waals surface area contributed by atoms with Crippen LogP contribution in [0.1, 0.15) is 12.8 Å². The number of aliphatic hydroxyl groups excluding tert-OH is 1. The quantitative estimate of drug-likeness (QED) is 0.628. The molecule has 0 heterocycles. The molecule has 0 saturated heterocycles. The van der Waals surface area contributed by atoms with Crippen LogP contribution in [-0.2, 0) is 0 Å². The van der Waals surface area contributed by atoms with Crippen LogP contribution < -0.4 is 0 Å². The molecule has 0 bridgehead atoms. The standard InChI is InChI=1S/C5H9F3O/c6-4-5(7,8)2-1-3-9/h9H,1-4H2. The summed E-state index contributed by atoms with van der Waals surface area (Å²) in [6.45, 7) is -1.94. The molecule has 1 nitrogen and oxygen atoms in total. The lowest BCUT2D eigenvalue weighted by Gasteiger charge is -2.09. The molecule has 0 rings (SSSR count). The topological polar surface area (TPSA) is 20.2 Å². The van der Waals surface area contributed by atoms with Gasteiger partial charge < -0.3 is 5.11 Å². The van der Waals surface area contributed by atoms with Gasteiger partial charge in [-0.15, -0.1) is 0 Å². The Labute approximate surface area is 51.5 Å². The number of halogens is 3. The minimum atomic E-state index is -3.23. The lowest BCUT2D eigenvalue weighted by molar-refractivity contribution is -0.0344. The molecule has 0 unspecified atom stereocenters. The molecule has 0 fully saturated rings. The van der Waals surface area contributed by atoms with Crippen LogP contribution in [0.2, 0.25) is 0 Å². The van der Waals surface area contributed by atoms with E-state index in [0.29, 0.717) is 0 Å². The van der Waals surface area contributed by atoms with Crippen LogP contribution in [0.25, 0.3) is 0 Å². The van der Waals surface area contributed by atoms with E-state index in [1.807, 2.05) is 0 Å². The van der Waals surface area contributed by atoms with Gasteiger partial charge in [-0.2, -0.15) is 0 Å². The highest BCUT2D eigenvalue weighted by Gasteiger charge is 2.27. The van der Waals surface area contributed by atoms with Gasteiger partial charge in [0.05, 0.1) is 0 Å². The molecule has 1 N–H and O–H groups in total. The highest BCUT2D eigenvalue weighted by molar-refractivity contribution is 4.62. The number of aliphatic hydroxyl groups is 1. The van der Waals surface area contributed by atoms with Crippen LogP contribution in [0.3, 0.4) is 0 Å². The van der Waals surface area contributed by atoms with Gasteiger partial charge in [-0.1, -0.05) is 0 Å². The summed E-state index contributed by atoms with van der Waals surface area (Å²) >= 11 is 0. The molecule has 0 aromatic carbocycles. The van der Waals surface area contributed by atoms with Crippen LogP contribution in [0.5, 0.6) is 0 Å². The molecule has 9 heavy (non-hydrogen) atoms. The predicted molar refractivity (Wildman–Crippen MR) is 27.2 cm³/mol. The molecule has 0 spiro atoms. The number of hydrogen-bond donors (Lipinski definition) is 1.